The summed E-state index contributed by atoms with van der Waals surface area (Å²) in [6, 6.07) is 12.8. The molecule has 2 aromatic carbocycles. The lowest BCUT2D eigenvalue weighted by atomic mass is 10.2. The van der Waals surface area contributed by atoms with Gasteiger partial charge in [0.25, 0.3) is 0 Å². The van der Waals surface area contributed by atoms with E-state index in [-0.39, 0.29) is 17.2 Å². The summed E-state index contributed by atoms with van der Waals surface area (Å²) in [5.41, 5.74) is 7.86. The van der Waals surface area contributed by atoms with Crippen LogP contribution in [0, 0.1) is 0 Å². The number of methoxy groups -OCH3 is 1. The van der Waals surface area contributed by atoms with E-state index in [1.807, 2.05) is 42.2 Å². The maximum atomic E-state index is 13.2. The lowest BCUT2D eigenvalue weighted by molar-refractivity contribution is -0.117. The Kier molecular flexibility index (Phi) is 7.61. The van der Waals surface area contributed by atoms with Gasteiger partial charge in [-0.3, -0.25) is 4.79 Å². The Labute approximate surface area is 206 Å². The number of imidazole rings is 1. The summed E-state index contributed by atoms with van der Waals surface area (Å²) < 4.78 is 35.3. The lowest BCUT2D eigenvalue weighted by Crippen LogP contribution is -2.35. The van der Waals surface area contributed by atoms with Crippen LogP contribution in [0.4, 0.5) is 5.69 Å². The first-order valence-electron chi connectivity index (χ1n) is 12.0. The summed E-state index contributed by atoms with van der Waals surface area (Å²) in [6.07, 6.45) is 3.05. The van der Waals surface area contributed by atoms with E-state index in [4.69, 9.17) is 15.5 Å². The van der Waals surface area contributed by atoms with Crippen LogP contribution < -0.4 is 15.4 Å². The van der Waals surface area contributed by atoms with E-state index in [1.54, 1.807) is 23.5 Å². The van der Waals surface area contributed by atoms with Crippen LogP contribution in [0.15, 0.2) is 47.4 Å². The zero-order valence-corrected chi connectivity index (χ0v) is 21.1. The molecule has 9 nitrogen and oxygen atoms in total. The first kappa shape index (κ1) is 25.0. The van der Waals surface area contributed by atoms with Crippen LogP contribution in [0.5, 0.6) is 5.75 Å². The molecule has 0 unspecified atom stereocenters. The SMILES string of the molecule is CCn1c(CN(CCC(N)=O)c2ccc(OC)cc2)nc2cc(S(=O)(=O)N3CCCCC3)ccc21. The van der Waals surface area contributed by atoms with E-state index in [9.17, 15) is 13.2 Å². The van der Waals surface area contributed by atoms with E-state index in [0.29, 0.717) is 38.2 Å². The molecular weight excluding hydrogens is 466 g/mol. The number of carbonyl (C=O) groups excluding carboxylic acids is 1. The van der Waals surface area contributed by atoms with Gasteiger partial charge >= 0.3 is 0 Å². The molecular formula is C25H33N5O4S. The molecule has 1 aromatic heterocycles. The van der Waals surface area contributed by atoms with Crippen LogP contribution >= 0.6 is 0 Å². The van der Waals surface area contributed by atoms with Crippen LogP contribution in [0.3, 0.4) is 0 Å². The fourth-order valence-corrected chi connectivity index (χ4v) is 6.09. The quantitative estimate of drug-likeness (QED) is 0.459. The molecule has 10 heteroatoms. The Morgan fingerprint density at radius 2 is 1.83 bits per heavy atom. The van der Waals surface area contributed by atoms with Gasteiger partial charge in [0.15, 0.2) is 0 Å². The largest absolute Gasteiger partial charge is 0.497 e. The number of hydrogen-bond donors (Lipinski definition) is 1. The van der Waals surface area contributed by atoms with Crippen LogP contribution in [0.25, 0.3) is 11.0 Å². The third kappa shape index (κ3) is 5.43. The van der Waals surface area contributed by atoms with Crippen molar-refractivity contribution in [2.45, 2.75) is 50.6 Å². The Morgan fingerprint density at radius 1 is 1.11 bits per heavy atom. The van der Waals surface area contributed by atoms with Gasteiger partial charge in [0.1, 0.15) is 11.6 Å². The average molecular weight is 500 g/mol. The molecule has 0 aliphatic carbocycles. The van der Waals surface area contributed by atoms with Gasteiger partial charge < -0.3 is 19.9 Å². The second-order valence-electron chi connectivity index (χ2n) is 8.72. The Hall–Kier alpha value is -3.11. The van der Waals surface area contributed by atoms with E-state index < -0.39 is 10.0 Å². The van der Waals surface area contributed by atoms with Crippen molar-refractivity contribution in [3.05, 3.63) is 48.3 Å². The number of carbonyl (C=O) groups is 1. The molecule has 1 aliphatic rings. The van der Waals surface area contributed by atoms with Crippen molar-refractivity contribution < 1.29 is 17.9 Å². The van der Waals surface area contributed by atoms with E-state index in [2.05, 4.69) is 4.57 Å². The summed E-state index contributed by atoms with van der Waals surface area (Å²) in [4.78, 5) is 18.7. The van der Waals surface area contributed by atoms with Crippen LogP contribution in [-0.2, 0) is 27.9 Å². The van der Waals surface area contributed by atoms with E-state index in [1.165, 1.54) is 0 Å². The summed E-state index contributed by atoms with van der Waals surface area (Å²) in [7, 11) is -1.93. The van der Waals surface area contributed by atoms with Crippen molar-refractivity contribution in [1.82, 2.24) is 13.9 Å². The molecule has 1 fully saturated rings. The second kappa shape index (κ2) is 10.7. The van der Waals surface area contributed by atoms with Crippen molar-refractivity contribution in [2.75, 3.05) is 31.6 Å². The van der Waals surface area contributed by atoms with Gasteiger partial charge in [0, 0.05) is 38.3 Å². The van der Waals surface area contributed by atoms with Gasteiger partial charge in [0.05, 0.1) is 29.6 Å². The van der Waals surface area contributed by atoms with Crippen LogP contribution in [0.1, 0.15) is 38.4 Å². The molecule has 0 radical (unpaired) electrons. The number of nitrogens with two attached hydrogens (primary N) is 1. The van der Waals surface area contributed by atoms with Gasteiger partial charge in [0.2, 0.25) is 15.9 Å². The molecule has 35 heavy (non-hydrogen) atoms. The molecule has 2 heterocycles. The Morgan fingerprint density at radius 3 is 2.46 bits per heavy atom. The van der Waals surface area contributed by atoms with Gasteiger partial charge in [-0.25, -0.2) is 13.4 Å². The third-order valence-electron chi connectivity index (χ3n) is 6.47. The number of hydrogen-bond acceptors (Lipinski definition) is 6. The molecule has 1 saturated heterocycles. The summed E-state index contributed by atoms with van der Waals surface area (Å²) in [6.45, 7) is 4.71. The number of ether oxygens (including phenoxy) is 1. The lowest BCUT2D eigenvalue weighted by Gasteiger charge is -2.25. The highest BCUT2D eigenvalue weighted by Crippen LogP contribution is 2.27. The Bertz CT molecular complexity index is 1280. The first-order valence-corrected chi connectivity index (χ1v) is 13.4. The minimum absolute atomic E-state index is 0.205. The number of benzene rings is 2. The molecule has 1 aliphatic heterocycles. The summed E-state index contributed by atoms with van der Waals surface area (Å²) in [5, 5.41) is 0. The van der Waals surface area contributed by atoms with Crippen molar-refractivity contribution in [3.63, 3.8) is 0 Å². The number of fused-ring (bicyclic) bond motifs is 1. The summed E-state index contributed by atoms with van der Waals surface area (Å²) in [5.74, 6) is 1.15. The highest BCUT2D eigenvalue weighted by Gasteiger charge is 2.27. The smallest absolute Gasteiger partial charge is 0.243 e. The molecule has 0 saturated carbocycles. The highest BCUT2D eigenvalue weighted by molar-refractivity contribution is 7.89. The van der Waals surface area contributed by atoms with E-state index in [0.717, 1.165) is 42.0 Å². The minimum atomic E-state index is -3.54. The molecule has 188 valence electrons. The predicted molar refractivity (Wildman–Crippen MR) is 136 cm³/mol. The predicted octanol–water partition coefficient (Wildman–Crippen LogP) is 3.12. The number of primary amides is 1. The molecule has 0 spiro atoms. The van der Waals surface area contributed by atoms with Gasteiger partial charge in [-0.1, -0.05) is 6.42 Å². The molecule has 4 rings (SSSR count). The number of sulfonamides is 1. The highest BCUT2D eigenvalue weighted by atomic mass is 32.2. The van der Waals surface area contributed by atoms with E-state index >= 15 is 0 Å². The number of nitrogens with zero attached hydrogens (tertiary/aromatic N) is 4. The number of anilines is 1. The van der Waals surface area contributed by atoms with Gasteiger partial charge in [-0.15, -0.1) is 0 Å². The molecule has 1 amide bonds. The van der Waals surface area contributed by atoms with Crippen LogP contribution in [0.2, 0.25) is 0 Å². The average Bonchev–Trinajstić information content (AvgIpc) is 3.23. The minimum Gasteiger partial charge on any atom is -0.497 e. The second-order valence-corrected chi connectivity index (χ2v) is 10.7. The number of aryl methyl sites for hydroxylation is 1. The maximum Gasteiger partial charge on any atom is 0.243 e. The van der Waals surface area contributed by atoms with Crippen LogP contribution in [-0.4, -0.2) is 54.9 Å². The van der Waals surface area contributed by atoms with Crippen molar-refractivity contribution in [1.29, 1.82) is 0 Å². The third-order valence-corrected chi connectivity index (χ3v) is 8.36. The monoisotopic (exact) mass is 499 g/mol. The van der Waals surface area contributed by atoms with Gasteiger partial charge in [-0.2, -0.15) is 4.31 Å². The molecule has 2 N–H and O–H groups in total. The topological polar surface area (TPSA) is 111 Å². The normalized spacial score (nSPS) is 14.8. The number of amides is 1. The van der Waals surface area contributed by atoms with Crippen molar-refractivity contribution in [2.24, 2.45) is 5.73 Å². The maximum absolute atomic E-state index is 13.2. The number of aromatic nitrogens is 2. The summed E-state index contributed by atoms with van der Waals surface area (Å²) >= 11 is 0. The fourth-order valence-electron chi connectivity index (χ4n) is 4.56. The standard InChI is InChI=1S/C25H33N5O4S/c1-3-30-23-12-11-21(35(32,33)29-14-5-4-6-15-29)17-22(23)27-25(30)18-28(16-13-24(26)31)19-7-9-20(34-2)10-8-19/h7-12,17H,3-6,13-16,18H2,1-2H3,(H2,26,31). The fraction of sp³-hybridized carbons (Fsp3) is 0.440. The molecule has 3 aromatic rings. The Balaban J connectivity index is 1.67. The molecule has 0 bridgehead atoms. The van der Waals surface area contributed by atoms with Gasteiger partial charge in [-0.05, 0) is 62.2 Å². The number of rotatable bonds is 10. The zero-order chi connectivity index (χ0) is 25.0. The first-order chi connectivity index (χ1) is 16.8. The van der Waals surface area contributed by atoms with Crippen molar-refractivity contribution >= 4 is 32.7 Å². The van der Waals surface area contributed by atoms with Crippen molar-refractivity contribution in [3.8, 4) is 5.75 Å². The zero-order valence-electron chi connectivity index (χ0n) is 20.3. The molecule has 0 atom stereocenters. The number of piperidine rings is 1.